The number of aromatic amines is 1. The molecule has 3 rings (SSSR count). The summed E-state index contributed by atoms with van der Waals surface area (Å²) in [5, 5.41) is 6.20. The van der Waals surface area contributed by atoms with Crippen LogP contribution in [0.2, 0.25) is 0 Å². The highest BCUT2D eigenvalue weighted by molar-refractivity contribution is 7.89. The second kappa shape index (κ2) is 5.34. The molecule has 2 saturated heterocycles. The van der Waals surface area contributed by atoms with Crippen LogP contribution in [-0.4, -0.2) is 60.0 Å². The number of aromatic nitrogens is 2. The van der Waals surface area contributed by atoms with Crippen molar-refractivity contribution >= 4 is 15.8 Å². The SMILES string of the molecule is Nc1[nH]ncc1S(=O)(=O)N1CCCC(N2CCCC2)C1. The van der Waals surface area contributed by atoms with E-state index in [-0.39, 0.29) is 10.7 Å². The molecule has 2 aliphatic rings. The van der Waals surface area contributed by atoms with Gasteiger partial charge in [0.25, 0.3) is 0 Å². The molecule has 0 spiro atoms. The van der Waals surface area contributed by atoms with Crippen molar-refractivity contribution in [1.82, 2.24) is 19.4 Å². The van der Waals surface area contributed by atoms with E-state index in [0.717, 1.165) is 25.9 Å². The zero-order valence-electron chi connectivity index (χ0n) is 11.5. The summed E-state index contributed by atoms with van der Waals surface area (Å²) < 4.78 is 26.8. The largest absolute Gasteiger partial charge is 0.383 e. The smallest absolute Gasteiger partial charge is 0.248 e. The maximum absolute atomic E-state index is 12.6. The molecule has 0 bridgehead atoms. The van der Waals surface area contributed by atoms with E-state index in [1.165, 1.54) is 19.0 Å². The number of likely N-dealkylation sites (tertiary alicyclic amines) is 1. The third-order valence-electron chi connectivity index (χ3n) is 4.27. The van der Waals surface area contributed by atoms with Gasteiger partial charge in [0.15, 0.2) is 0 Å². The summed E-state index contributed by atoms with van der Waals surface area (Å²) in [5.74, 6) is 0.119. The van der Waals surface area contributed by atoms with Crippen LogP contribution in [-0.2, 0) is 10.0 Å². The van der Waals surface area contributed by atoms with Crippen molar-refractivity contribution < 1.29 is 8.42 Å². The molecular weight excluding hydrogens is 278 g/mol. The van der Waals surface area contributed by atoms with E-state index >= 15 is 0 Å². The minimum absolute atomic E-state index is 0.0968. The molecular formula is C12H21N5O2S. The number of nitrogens with two attached hydrogens (primary N) is 1. The number of nitrogens with one attached hydrogen (secondary N) is 1. The Kier molecular flexibility index (Phi) is 3.70. The van der Waals surface area contributed by atoms with Crippen LogP contribution in [0.1, 0.15) is 25.7 Å². The molecule has 3 heterocycles. The fourth-order valence-corrected chi connectivity index (χ4v) is 4.70. The van der Waals surface area contributed by atoms with Gasteiger partial charge >= 0.3 is 0 Å². The Morgan fingerprint density at radius 2 is 2.00 bits per heavy atom. The maximum Gasteiger partial charge on any atom is 0.248 e. The van der Waals surface area contributed by atoms with Crippen molar-refractivity contribution in [3.63, 3.8) is 0 Å². The predicted molar refractivity (Wildman–Crippen MR) is 75.6 cm³/mol. The van der Waals surface area contributed by atoms with Crippen molar-refractivity contribution in [2.75, 3.05) is 31.9 Å². The van der Waals surface area contributed by atoms with Gasteiger partial charge in [-0.1, -0.05) is 0 Å². The number of H-pyrrole nitrogens is 1. The van der Waals surface area contributed by atoms with Crippen LogP contribution in [0.3, 0.4) is 0 Å². The number of anilines is 1. The minimum Gasteiger partial charge on any atom is -0.383 e. The maximum atomic E-state index is 12.6. The molecule has 0 radical (unpaired) electrons. The number of rotatable bonds is 3. The van der Waals surface area contributed by atoms with E-state index in [9.17, 15) is 8.42 Å². The standard InChI is InChI=1S/C12H21N5O2S/c13-12-11(8-14-15-12)20(18,19)17-7-3-4-10(9-17)16-5-1-2-6-16/h8,10H,1-7,9H2,(H3,13,14,15). The van der Waals surface area contributed by atoms with E-state index in [0.29, 0.717) is 19.1 Å². The lowest BCUT2D eigenvalue weighted by molar-refractivity contribution is 0.162. The lowest BCUT2D eigenvalue weighted by atomic mass is 10.1. The number of sulfonamides is 1. The molecule has 0 aliphatic carbocycles. The van der Waals surface area contributed by atoms with Gasteiger partial charge < -0.3 is 5.73 Å². The Hall–Kier alpha value is -1.12. The molecule has 8 heteroatoms. The van der Waals surface area contributed by atoms with Crippen molar-refractivity contribution in [1.29, 1.82) is 0 Å². The Bertz CT molecular complexity index is 564. The number of nitrogens with zero attached hydrogens (tertiary/aromatic N) is 3. The second-order valence-corrected chi connectivity index (χ2v) is 7.46. The van der Waals surface area contributed by atoms with Crippen LogP contribution in [0, 0.1) is 0 Å². The number of hydrogen-bond acceptors (Lipinski definition) is 5. The van der Waals surface area contributed by atoms with Crippen LogP contribution in [0.15, 0.2) is 11.1 Å². The van der Waals surface area contributed by atoms with Crippen molar-refractivity contribution in [2.45, 2.75) is 36.6 Å². The van der Waals surface area contributed by atoms with Gasteiger partial charge in [0.2, 0.25) is 10.0 Å². The quantitative estimate of drug-likeness (QED) is 0.833. The van der Waals surface area contributed by atoms with Gasteiger partial charge in [-0.05, 0) is 38.8 Å². The first-order valence-electron chi connectivity index (χ1n) is 7.12. The molecule has 0 amide bonds. The Morgan fingerprint density at radius 1 is 1.25 bits per heavy atom. The summed E-state index contributed by atoms with van der Waals surface area (Å²) in [6.45, 7) is 3.31. The molecule has 7 nitrogen and oxygen atoms in total. The second-order valence-electron chi connectivity index (χ2n) is 5.55. The Labute approximate surface area is 119 Å². The fraction of sp³-hybridized carbons (Fsp3) is 0.750. The Balaban J connectivity index is 1.78. The first kappa shape index (κ1) is 13.8. The highest BCUT2D eigenvalue weighted by atomic mass is 32.2. The fourth-order valence-electron chi connectivity index (χ4n) is 3.17. The molecule has 2 aliphatic heterocycles. The monoisotopic (exact) mass is 299 g/mol. The first-order valence-corrected chi connectivity index (χ1v) is 8.56. The Morgan fingerprint density at radius 3 is 2.65 bits per heavy atom. The van der Waals surface area contributed by atoms with Crippen molar-refractivity contribution in [3.8, 4) is 0 Å². The minimum atomic E-state index is -3.52. The number of piperidine rings is 1. The third kappa shape index (κ3) is 2.43. The van der Waals surface area contributed by atoms with Crippen LogP contribution in [0.5, 0.6) is 0 Å². The molecule has 0 aromatic carbocycles. The van der Waals surface area contributed by atoms with Crippen LogP contribution in [0.4, 0.5) is 5.82 Å². The third-order valence-corrected chi connectivity index (χ3v) is 6.16. The van der Waals surface area contributed by atoms with E-state index in [2.05, 4.69) is 15.1 Å². The van der Waals surface area contributed by atoms with Gasteiger partial charge in [0.05, 0.1) is 6.20 Å². The molecule has 1 aromatic heterocycles. The summed E-state index contributed by atoms with van der Waals surface area (Å²) in [4.78, 5) is 2.51. The van der Waals surface area contributed by atoms with Crippen molar-refractivity contribution in [2.24, 2.45) is 0 Å². The van der Waals surface area contributed by atoms with Gasteiger partial charge in [-0.15, -0.1) is 0 Å². The summed E-state index contributed by atoms with van der Waals surface area (Å²) in [6.07, 6.45) is 5.71. The van der Waals surface area contributed by atoms with Gasteiger partial charge in [0, 0.05) is 19.1 Å². The molecule has 1 aromatic rings. The average Bonchev–Trinajstić information content (AvgIpc) is 3.10. The van der Waals surface area contributed by atoms with Crippen molar-refractivity contribution in [3.05, 3.63) is 6.20 Å². The summed E-state index contributed by atoms with van der Waals surface area (Å²) in [5.41, 5.74) is 5.66. The highest BCUT2D eigenvalue weighted by Gasteiger charge is 2.34. The highest BCUT2D eigenvalue weighted by Crippen LogP contribution is 2.26. The lowest BCUT2D eigenvalue weighted by Crippen LogP contribution is -2.48. The van der Waals surface area contributed by atoms with E-state index < -0.39 is 10.0 Å². The molecule has 0 saturated carbocycles. The summed E-state index contributed by atoms with van der Waals surface area (Å²) >= 11 is 0. The molecule has 1 unspecified atom stereocenters. The summed E-state index contributed by atoms with van der Waals surface area (Å²) in [6, 6.07) is 0.342. The van der Waals surface area contributed by atoms with Gasteiger partial charge in [-0.25, -0.2) is 8.42 Å². The molecule has 20 heavy (non-hydrogen) atoms. The van der Waals surface area contributed by atoms with E-state index in [4.69, 9.17) is 5.73 Å². The van der Waals surface area contributed by atoms with Gasteiger partial charge in [-0.2, -0.15) is 9.40 Å². The van der Waals surface area contributed by atoms with Crippen LogP contribution >= 0.6 is 0 Å². The number of hydrogen-bond donors (Lipinski definition) is 2. The first-order chi connectivity index (χ1) is 9.59. The lowest BCUT2D eigenvalue weighted by Gasteiger charge is -2.36. The molecule has 1 atom stereocenters. The summed E-state index contributed by atoms with van der Waals surface area (Å²) in [7, 11) is -3.52. The van der Waals surface area contributed by atoms with E-state index in [1.807, 2.05) is 0 Å². The molecule has 2 fully saturated rings. The topological polar surface area (TPSA) is 95.3 Å². The molecule has 3 N–H and O–H groups in total. The molecule has 112 valence electrons. The zero-order chi connectivity index (χ0) is 14.2. The van der Waals surface area contributed by atoms with Crippen LogP contribution < -0.4 is 5.73 Å². The average molecular weight is 299 g/mol. The van der Waals surface area contributed by atoms with Gasteiger partial charge in [-0.3, -0.25) is 10.00 Å². The van der Waals surface area contributed by atoms with E-state index in [1.54, 1.807) is 4.31 Å². The predicted octanol–water partition coefficient (Wildman–Crippen LogP) is 0.241. The number of nitrogen functional groups attached to an aromatic ring is 1. The van der Waals surface area contributed by atoms with Gasteiger partial charge in [0.1, 0.15) is 10.7 Å². The van der Waals surface area contributed by atoms with Crippen LogP contribution in [0.25, 0.3) is 0 Å². The normalized spacial score (nSPS) is 26.1. The zero-order valence-corrected chi connectivity index (χ0v) is 12.3.